The number of thiophene rings is 1. The number of hydrogen-bond acceptors (Lipinski definition) is 9. The van der Waals surface area contributed by atoms with Gasteiger partial charge in [-0.05, 0) is 62.7 Å². The highest BCUT2D eigenvalue weighted by molar-refractivity contribution is 9.09. The fraction of sp³-hybridized carbons (Fsp3) is 0.394. The van der Waals surface area contributed by atoms with Crippen molar-refractivity contribution in [2.45, 2.75) is 33.2 Å². The number of aliphatic imine (C=N–C) groups is 1. The molecule has 0 saturated heterocycles. The zero-order chi connectivity index (χ0) is 32.5. The van der Waals surface area contributed by atoms with E-state index in [9.17, 15) is 4.79 Å². The van der Waals surface area contributed by atoms with Gasteiger partial charge in [0.2, 0.25) is 5.91 Å². The van der Waals surface area contributed by atoms with E-state index in [1.165, 1.54) is 4.88 Å². The smallest absolute Gasteiger partial charge is 0.227 e. The highest BCUT2D eigenvalue weighted by Crippen LogP contribution is 2.39. The van der Waals surface area contributed by atoms with Crippen LogP contribution in [0.1, 0.15) is 45.7 Å². The highest BCUT2D eigenvalue weighted by Gasteiger charge is 2.32. The molecule has 0 saturated carbocycles. The van der Waals surface area contributed by atoms with Gasteiger partial charge in [-0.1, -0.05) is 39.7 Å². The SMILES string of the molecule is Cc1sc2c(c1C)C(c1ccc(Cl)cc1)=N[C@@H](CC(=O)Nc1ccc(OCCOCCOCCOCCBr)cc1)c1nnc(C)n1-2. The molecule has 1 N–H and O–H groups in total. The van der Waals surface area contributed by atoms with Crippen molar-refractivity contribution >= 4 is 56.2 Å². The normalized spacial score (nSPS) is 13.9. The molecule has 0 radical (unpaired) electrons. The molecule has 2 aromatic heterocycles. The zero-order valence-electron chi connectivity index (χ0n) is 26.1. The van der Waals surface area contributed by atoms with Crippen LogP contribution < -0.4 is 10.1 Å². The number of amides is 1. The average Bonchev–Trinajstić information content (AvgIpc) is 3.52. The predicted molar refractivity (Wildman–Crippen MR) is 185 cm³/mol. The van der Waals surface area contributed by atoms with Crippen LogP contribution in [0.4, 0.5) is 5.69 Å². The summed E-state index contributed by atoms with van der Waals surface area (Å²) in [6.45, 7) is 9.76. The molecular formula is C33H37BrClN5O5S. The van der Waals surface area contributed by atoms with Crippen LogP contribution in [0, 0.1) is 20.8 Å². The van der Waals surface area contributed by atoms with E-state index in [2.05, 4.69) is 45.3 Å². The molecule has 4 aromatic rings. The van der Waals surface area contributed by atoms with Crippen molar-refractivity contribution in [2.75, 3.05) is 56.9 Å². The minimum absolute atomic E-state index is 0.0887. The minimum Gasteiger partial charge on any atom is -0.491 e. The second kappa shape index (κ2) is 16.6. The minimum atomic E-state index is -0.549. The first-order valence-corrected chi connectivity index (χ1v) is 17.4. The van der Waals surface area contributed by atoms with Gasteiger partial charge in [-0.3, -0.25) is 14.4 Å². The van der Waals surface area contributed by atoms with E-state index in [1.54, 1.807) is 11.3 Å². The largest absolute Gasteiger partial charge is 0.491 e. The maximum absolute atomic E-state index is 13.4. The fourth-order valence-corrected chi connectivity index (χ4v) is 6.54. The molecule has 1 atom stereocenters. The number of halogens is 2. The number of nitrogens with one attached hydrogen (secondary N) is 1. The summed E-state index contributed by atoms with van der Waals surface area (Å²) in [6, 6.07) is 14.3. The van der Waals surface area contributed by atoms with E-state index in [0.717, 1.165) is 38.6 Å². The number of carbonyl (C=O) groups excluding carboxylic acids is 1. The Morgan fingerprint density at radius 1 is 0.913 bits per heavy atom. The first kappa shape index (κ1) is 34.2. The number of aryl methyl sites for hydroxylation is 2. The molecule has 46 heavy (non-hydrogen) atoms. The number of fused-ring (bicyclic) bond motifs is 3. The number of ether oxygens (including phenoxy) is 4. The Hall–Kier alpha value is -3.13. The summed E-state index contributed by atoms with van der Waals surface area (Å²) < 4.78 is 24.1. The summed E-state index contributed by atoms with van der Waals surface area (Å²) in [5, 5.41) is 14.3. The molecule has 0 spiro atoms. The Labute approximate surface area is 286 Å². The van der Waals surface area contributed by atoms with Crippen LogP contribution in [0.25, 0.3) is 5.00 Å². The third kappa shape index (κ3) is 8.61. The van der Waals surface area contributed by atoms with Crippen molar-refractivity contribution in [3.8, 4) is 10.8 Å². The molecule has 10 nitrogen and oxygen atoms in total. The lowest BCUT2D eigenvalue weighted by Gasteiger charge is -2.13. The molecule has 0 unspecified atom stereocenters. The number of anilines is 1. The quantitative estimate of drug-likeness (QED) is 0.102. The number of alkyl halides is 1. The number of carbonyl (C=O) groups is 1. The Bertz CT molecular complexity index is 1640. The number of benzene rings is 2. The van der Waals surface area contributed by atoms with E-state index >= 15 is 0 Å². The van der Waals surface area contributed by atoms with E-state index in [-0.39, 0.29) is 12.3 Å². The molecule has 0 aliphatic carbocycles. The van der Waals surface area contributed by atoms with Crippen LogP contribution in [-0.4, -0.2) is 78.0 Å². The summed E-state index contributed by atoms with van der Waals surface area (Å²) in [5.74, 6) is 1.88. The molecule has 244 valence electrons. The maximum atomic E-state index is 13.4. The Kier molecular flexibility index (Phi) is 12.4. The number of nitrogens with zero attached hydrogens (tertiary/aromatic N) is 4. The number of hydrogen-bond donors (Lipinski definition) is 1. The molecular weight excluding hydrogens is 694 g/mol. The standard InChI is InChI=1S/C33H37BrClN5O5S/c1-21-22(2)46-33-30(21)31(24-4-6-25(35)7-5-24)37-28(32-39-38-23(3)40(32)33)20-29(41)36-26-8-10-27(11-9-26)45-19-18-44-17-16-43-15-14-42-13-12-34/h4-11,28H,12-20H2,1-3H3,(H,36,41)/t28-/m0/s1. The second-order valence-electron chi connectivity index (χ2n) is 10.6. The average molecular weight is 731 g/mol. The number of aromatic nitrogens is 3. The van der Waals surface area contributed by atoms with Gasteiger partial charge < -0.3 is 24.3 Å². The summed E-state index contributed by atoms with van der Waals surface area (Å²) in [4.78, 5) is 19.7. The lowest BCUT2D eigenvalue weighted by Crippen LogP contribution is -2.17. The molecule has 0 bridgehead atoms. The zero-order valence-corrected chi connectivity index (χ0v) is 29.2. The van der Waals surface area contributed by atoms with E-state index in [0.29, 0.717) is 68.5 Å². The van der Waals surface area contributed by atoms with Crippen molar-refractivity contribution in [3.63, 3.8) is 0 Å². The fourth-order valence-electron chi connectivity index (χ4n) is 4.97. The van der Waals surface area contributed by atoms with E-state index in [1.807, 2.05) is 60.0 Å². The molecule has 2 aromatic carbocycles. The predicted octanol–water partition coefficient (Wildman–Crippen LogP) is 6.65. The third-order valence-corrected chi connectivity index (χ3v) is 9.10. The summed E-state index contributed by atoms with van der Waals surface area (Å²) >= 11 is 11.2. The van der Waals surface area contributed by atoms with Gasteiger partial charge in [-0.15, -0.1) is 21.5 Å². The van der Waals surface area contributed by atoms with Gasteiger partial charge in [0, 0.05) is 32.0 Å². The van der Waals surface area contributed by atoms with Gasteiger partial charge in [0.1, 0.15) is 29.2 Å². The summed E-state index contributed by atoms with van der Waals surface area (Å²) in [7, 11) is 0. The second-order valence-corrected chi connectivity index (χ2v) is 13.0. The Morgan fingerprint density at radius 3 is 2.24 bits per heavy atom. The maximum Gasteiger partial charge on any atom is 0.227 e. The van der Waals surface area contributed by atoms with Crippen molar-refractivity contribution in [3.05, 3.63) is 86.8 Å². The number of rotatable bonds is 16. The third-order valence-electron chi connectivity index (χ3n) is 7.34. The lowest BCUT2D eigenvalue weighted by molar-refractivity contribution is -0.116. The van der Waals surface area contributed by atoms with Gasteiger partial charge in [-0.25, -0.2) is 0 Å². The van der Waals surface area contributed by atoms with E-state index < -0.39 is 6.04 Å². The van der Waals surface area contributed by atoms with Crippen molar-refractivity contribution in [1.82, 2.24) is 14.8 Å². The van der Waals surface area contributed by atoms with Crippen molar-refractivity contribution < 1.29 is 23.7 Å². The molecule has 1 aliphatic heterocycles. The molecule has 3 heterocycles. The van der Waals surface area contributed by atoms with Gasteiger partial charge in [0.25, 0.3) is 0 Å². The van der Waals surface area contributed by atoms with Crippen LogP contribution in [0.15, 0.2) is 53.5 Å². The van der Waals surface area contributed by atoms with Gasteiger partial charge in [0.05, 0.1) is 51.8 Å². The summed E-state index contributed by atoms with van der Waals surface area (Å²) in [6.07, 6.45) is 0.0887. The van der Waals surface area contributed by atoms with Crippen LogP contribution in [0.3, 0.4) is 0 Å². The Balaban J connectivity index is 1.19. The molecule has 1 amide bonds. The van der Waals surface area contributed by atoms with Crippen molar-refractivity contribution in [1.29, 1.82) is 0 Å². The van der Waals surface area contributed by atoms with Crippen molar-refractivity contribution in [2.24, 2.45) is 4.99 Å². The molecule has 0 fully saturated rings. The lowest BCUT2D eigenvalue weighted by atomic mass is 9.99. The highest BCUT2D eigenvalue weighted by atomic mass is 79.9. The first-order valence-electron chi connectivity index (χ1n) is 15.0. The van der Waals surface area contributed by atoms with Crippen LogP contribution in [0.5, 0.6) is 5.75 Å². The Morgan fingerprint density at radius 2 is 1.57 bits per heavy atom. The van der Waals surface area contributed by atoms with E-state index in [4.69, 9.17) is 35.5 Å². The summed E-state index contributed by atoms with van der Waals surface area (Å²) in [5.41, 5.74) is 4.56. The van der Waals surface area contributed by atoms with Gasteiger partial charge in [-0.2, -0.15) is 0 Å². The molecule has 1 aliphatic rings. The van der Waals surface area contributed by atoms with Crippen LogP contribution in [-0.2, 0) is 19.0 Å². The van der Waals surface area contributed by atoms with Crippen LogP contribution in [0.2, 0.25) is 5.02 Å². The van der Waals surface area contributed by atoms with Gasteiger partial charge >= 0.3 is 0 Å². The monoisotopic (exact) mass is 729 g/mol. The van der Waals surface area contributed by atoms with Gasteiger partial charge in [0.15, 0.2) is 5.82 Å². The van der Waals surface area contributed by atoms with Crippen LogP contribution >= 0.6 is 38.9 Å². The molecule has 5 rings (SSSR count). The molecule has 13 heteroatoms. The topological polar surface area (TPSA) is 109 Å². The first-order chi connectivity index (χ1) is 22.4.